The second kappa shape index (κ2) is 11.5. The average Bonchev–Trinajstić information content (AvgIpc) is 3.38. The van der Waals surface area contributed by atoms with Gasteiger partial charge in [0.25, 0.3) is 0 Å². The molecule has 34 heavy (non-hydrogen) atoms. The van der Waals surface area contributed by atoms with Gasteiger partial charge >= 0.3 is 5.97 Å². The van der Waals surface area contributed by atoms with Crippen molar-refractivity contribution in [3.63, 3.8) is 0 Å². The molecular formula is C26H32N2O4S2. The fourth-order valence-corrected chi connectivity index (χ4v) is 6.69. The number of carboxylic acid groups (broad SMARTS) is 1. The molecule has 3 aromatic rings. The number of aliphatic hydroxyl groups is 1. The highest BCUT2D eigenvalue weighted by Gasteiger charge is 2.40. The molecule has 1 aliphatic heterocycles. The van der Waals surface area contributed by atoms with E-state index in [1.54, 1.807) is 24.6 Å². The van der Waals surface area contributed by atoms with E-state index in [4.69, 9.17) is 4.74 Å². The van der Waals surface area contributed by atoms with Crippen LogP contribution in [0, 0.1) is 5.41 Å². The number of piperidine rings is 1. The second-order valence-corrected chi connectivity index (χ2v) is 11.2. The fraction of sp³-hybridized carbons (Fsp3) is 0.462. The smallest absolute Gasteiger partial charge is 0.309 e. The quantitative estimate of drug-likeness (QED) is 0.355. The zero-order chi connectivity index (χ0) is 24.0. The Morgan fingerprint density at radius 1 is 1.29 bits per heavy atom. The van der Waals surface area contributed by atoms with Gasteiger partial charge in [0.05, 0.1) is 28.9 Å². The van der Waals surface area contributed by atoms with Crippen molar-refractivity contribution in [3.05, 3.63) is 53.0 Å². The number of carboxylic acids is 1. The standard InChI is InChI=1S/C26H32N2O4S2/c1-32-20-6-7-23-22(16-20)21(19(18-29)17-27-23)4-2-8-26(25(30)31)9-11-28(12-10-26)13-15-34-24-5-3-14-33-24/h3,5-7,14,16-17,29H,2,4,8-13,15,18H2,1H3,(H,30,31). The lowest BCUT2D eigenvalue weighted by molar-refractivity contribution is -0.152. The minimum absolute atomic E-state index is 0.0853. The molecule has 0 aliphatic carbocycles. The van der Waals surface area contributed by atoms with Crippen molar-refractivity contribution in [2.75, 3.05) is 32.5 Å². The van der Waals surface area contributed by atoms with Crippen molar-refractivity contribution in [2.45, 2.75) is 42.9 Å². The number of ether oxygens (including phenoxy) is 1. The molecule has 0 amide bonds. The molecule has 1 aromatic carbocycles. The van der Waals surface area contributed by atoms with E-state index in [9.17, 15) is 15.0 Å². The number of hydrogen-bond donors (Lipinski definition) is 2. The largest absolute Gasteiger partial charge is 0.497 e. The predicted octanol–water partition coefficient (Wildman–Crippen LogP) is 5.08. The van der Waals surface area contributed by atoms with E-state index >= 15 is 0 Å². The number of carbonyl (C=O) groups is 1. The zero-order valence-electron chi connectivity index (χ0n) is 19.5. The molecule has 4 rings (SSSR count). The first-order valence-corrected chi connectivity index (χ1v) is 13.6. The molecule has 1 aliphatic rings. The Balaban J connectivity index is 1.37. The molecule has 0 spiro atoms. The van der Waals surface area contributed by atoms with E-state index in [0.717, 1.165) is 59.6 Å². The van der Waals surface area contributed by atoms with Crippen molar-refractivity contribution >= 4 is 40.0 Å². The summed E-state index contributed by atoms with van der Waals surface area (Å²) in [6, 6.07) is 9.97. The van der Waals surface area contributed by atoms with Crippen LogP contribution in [0.1, 0.15) is 36.8 Å². The molecule has 0 saturated carbocycles. The van der Waals surface area contributed by atoms with Crippen molar-refractivity contribution in [2.24, 2.45) is 5.41 Å². The Morgan fingerprint density at radius 3 is 2.79 bits per heavy atom. The minimum atomic E-state index is -0.677. The van der Waals surface area contributed by atoms with Gasteiger partial charge in [-0.2, -0.15) is 0 Å². The molecule has 6 nitrogen and oxygen atoms in total. The third-order valence-corrected chi connectivity index (χ3v) is 9.05. The maximum absolute atomic E-state index is 12.3. The summed E-state index contributed by atoms with van der Waals surface area (Å²) in [6.07, 6.45) is 5.19. The Morgan fingerprint density at radius 2 is 2.12 bits per heavy atom. The van der Waals surface area contributed by atoms with Gasteiger partial charge in [-0.3, -0.25) is 9.78 Å². The Hall–Kier alpha value is -2.13. The number of methoxy groups -OCH3 is 1. The molecule has 0 radical (unpaired) electrons. The summed E-state index contributed by atoms with van der Waals surface area (Å²) in [5.41, 5.74) is 2.02. The van der Waals surface area contributed by atoms with Gasteiger partial charge in [0.15, 0.2) is 0 Å². The van der Waals surface area contributed by atoms with Gasteiger partial charge in [0.2, 0.25) is 0 Å². The third-order valence-electron chi connectivity index (χ3n) is 6.94. The second-order valence-electron chi connectivity index (χ2n) is 8.86. The van der Waals surface area contributed by atoms with Gasteiger partial charge < -0.3 is 19.8 Å². The van der Waals surface area contributed by atoms with Crippen LogP contribution >= 0.6 is 23.1 Å². The van der Waals surface area contributed by atoms with E-state index in [1.807, 2.05) is 30.0 Å². The first-order chi connectivity index (χ1) is 16.5. The van der Waals surface area contributed by atoms with Crippen LogP contribution in [0.25, 0.3) is 10.9 Å². The molecule has 0 unspecified atom stereocenters. The number of pyridine rings is 1. The van der Waals surface area contributed by atoms with Crippen molar-refractivity contribution in [1.29, 1.82) is 0 Å². The lowest BCUT2D eigenvalue weighted by Gasteiger charge is -2.39. The normalized spacial score (nSPS) is 16.1. The Bertz CT molecular complexity index is 1090. The highest BCUT2D eigenvalue weighted by Crippen LogP contribution is 2.38. The van der Waals surface area contributed by atoms with Crippen LogP contribution in [0.3, 0.4) is 0 Å². The minimum Gasteiger partial charge on any atom is -0.497 e. The van der Waals surface area contributed by atoms with Gasteiger partial charge in [-0.15, -0.1) is 23.1 Å². The number of likely N-dealkylation sites (tertiary alicyclic amines) is 1. The topological polar surface area (TPSA) is 82.9 Å². The van der Waals surface area contributed by atoms with E-state index < -0.39 is 11.4 Å². The van der Waals surface area contributed by atoms with Gasteiger partial charge in [0.1, 0.15) is 5.75 Å². The number of aromatic nitrogens is 1. The SMILES string of the molecule is COc1ccc2ncc(CO)c(CCCC3(C(=O)O)CCN(CCSc4cccs4)CC3)c2c1. The fourth-order valence-electron chi connectivity index (χ4n) is 4.83. The number of thioether (sulfide) groups is 1. The Kier molecular flexibility index (Phi) is 8.47. The molecule has 0 atom stereocenters. The number of aryl methyl sites for hydroxylation is 1. The number of fused-ring (bicyclic) bond motifs is 1. The first-order valence-electron chi connectivity index (χ1n) is 11.7. The van der Waals surface area contributed by atoms with Crippen LogP contribution in [-0.4, -0.2) is 58.6 Å². The van der Waals surface area contributed by atoms with Crippen LogP contribution < -0.4 is 4.74 Å². The van der Waals surface area contributed by atoms with E-state index in [1.165, 1.54) is 4.21 Å². The zero-order valence-corrected chi connectivity index (χ0v) is 21.2. The summed E-state index contributed by atoms with van der Waals surface area (Å²) in [6.45, 7) is 2.56. The van der Waals surface area contributed by atoms with Crippen molar-refractivity contribution in [1.82, 2.24) is 9.88 Å². The number of aliphatic carboxylic acids is 1. The summed E-state index contributed by atoms with van der Waals surface area (Å²) >= 11 is 3.64. The van der Waals surface area contributed by atoms with E-state index in [0.29, 0.717) is 25.7 Å². The van der Waals surface area contributed by atoms with E-state index in [-0.39, 0.29) is 6.61 Å². The summed E-state index contributed by atoms with van der Waals surface area (Å²) in [4.78, 5) is 19.2. The molecule has 8 heteroatoms. The average molecular weight is 501 g/mol. The summed E-state index contributed by atoms with van der Waals surface area (Å²) in [5.74, 6) is 1.10. The molecule has 1 fully saturated rings. The van der Waals surface area contributed by atoms with Crippen LogP contribution in [0.5, 0.6) is 5.75 Å². The van der Waals surface area contributed by atoms with Crippen molar-refractivity contribution < 1.29 is 19.7 Å². The molecule has 2 N–H and O–H groups in total. The summed E-state index contributed by atoms with van der Waals surface area (Å²) in [7, 11) is 1.63. The molecule has 1 saturated heterocycles. The summed E-state index contributed by atoms with van der Waals surface area (Å²) < 4.78 is 6.72. The molecule has 182 valence electrons. The van der Waals surface area contributed by atoms with Crippen LogP contribution in [-0.2, 0) is 17.8 Å². The highest BCUT2D eigenvalue weighted by atomic mass is 32.2. The molecule has 3 heterocycles. The molecule has 0 bridgehead atoms. The number of nitrogens with zero attached hydrogens (tertiary/aromatic N) is 2. The van der Waals surface area contributed by atoms with Gasteiger partial charge in [0, 0.05) is 23.9 Å². The number of aliphatic hydroxyl groups excluding tert-OH is 1. The number of rotatable bonds is 11. The lowest BCUT2D eigenvalue weighted by Crippen LogP contribution is -2.45. The van der Waals surface area contributed by atoms with Crippen molar-refractivity contribution in [3.8, 4) is 5.75 Å². The number of benzene rings is 1. The summed E-state index contributed by atoms with van der Waals surface area (Å²) in [5, 5.41) is 23.1. The maximum Gasteiger partial charge on any atom is 0.309 e. The van der Waals surface area contributed by atoms with Crippen LogP contribution in [0.2, 0.25) is 0 Å². The molecule has 2 aromatic heterocycles. The monoisotopic (exact) mass is 500 g/mol. The number of hydrogen-bond acceptors (Lipinski definition) is 7. The van der Waals surface area contributed by atoms with Gasteiger partial charge in [-0.05, 0) is 86.0 Å². The third kappa shape index (κ3) is 5.74. The van der Waals surface area contributed by atoms with Crippen LogP contribution in [0.4, 0.5) is 0 Å². The Labute approximate surface area is 209 Å². The number of thiophene rings is 1. The predicted molar refractivity (Wildman–Crippen MR) is 138 cm³/mol. The highest BCUT2D eigenvalue weighted by molar-refractivity contribution is 8.01. The van der Waals surface area contributed by atoms with Crippen LogP contribution in [0.15, 0.2) is 46.1 Å². The van der Waals surface area contributed by atoms with Gasteiger partial charge in [-0.25, -0.2) is 0 Å². The maximum atomic E-state index is 12.3. The molecular weight excluding hydrogens is 468 g/mol. The van der Waals surface area contributed by atoms with Gasteiger partial charge in [-0.1, -0.05) is 6.07 Å². The lowest BCUT2D eigenvalue weighted by atomic mass is 9.74. The van der Waals surface area contributed by atoms with E-state index in [2.05, 4.69) is 27.4 Å². The first kappa shape index (κ1) is 25.0.